The van der Waals surface area contributed by atoms with Crippen molar-refractivity contribution >= 4 is 28.4 Å². The Kier molecular flexibility index (Phi) is 6.61. The van der Waals surface area contributed by atoms with Gasteiger partial charge in [0.2, 0.25) is 5.78 Å². The number of nitrogens with two attached hydrogens (primary N) is 1. The highest BCUT2D eigenvalue weighted by atomic mass is 16.2. The number of fused-ring (bicyclic) bond motifs is 1. The molecule has 3 aromatic carbocycles. The van der Waals surface area contributed by atoms with Crippen molar-refractivity contribution in [2.45, 2.75) is 31.3 Å². The fraction of sp³-hybridized carbons (Fsp3) is 0.269. The second kappa shape index (κ2) is 9.75. The number of carbonyl (C=O) groups excluding carboxylic acids is 3. The van der Waals surface area contributed by atoms with Gasteiger partial charge in [-0.25, -0.2) is 0 Å². The number of rotatable bonds is 7. The molecule has 1 saturated heterocycles. The molecule has 164 valence electrons. The first-order valence-electron chi connectivity index (χ1n) is 10.9. The van der Waals surface area contributed by atoms with E-state index in [1.54, 1.807) is 0 Å². The summed E-state index contributed by atoms with van der Waals surface area (Å²) in [6.45, 7) is 1.18. The molecule has 1 heterocycles. The molecule has 0 spiro atoms. The molecule has 6 nitrogen and oxygen atoms in total. The number of nitrogens with zero attached hydrogens (tertiary/aromatic N) is 1. The first kappa shape index (κ1) is 21.7. The van der Waals surface area contributed by atoms with Gasteiger partial charge < -0.3 is 16.0 Å². The Hall–Kier alpha value is -3.51. The van der Waals surface area contributed by atoms with E-state index in [1.165, 1.54) is 0 Å². The highest BCUT2D eigenvalue weighted by molar-refractivity contribution is 6.37. The molecule has 1 aliphatic rings. The van der Waals surface area contributed by atoms with Gasteiger partial charge in [0.05, 0.1) is 6.04 Å². The number of hydrogen-bond acceptors (Lipinski definition) is 4. The summed E-state index contributed by atoms with van der Waals surface area (Å²) in [6.07, 6.45) is 1.81. The minimum atomic E-state index is -0.928. The van der Waals surface area contributed by atoms with E-state index < -0.39 is 17.7 Å². The molecule has 0 aliphatic carbocycles. The highest BCUT2D eigenvalue weighted by Gasteiger charge is 2.29. The predicted molar refractivity (Wildman–Crippen MR) is 124 cm³/mol. The van der Waals surface area contributed by atoms with Crippen LogP contribution in [-0.2, 0) is 16.0 Å². The Bertz CT molecular complexity index is 1120. The molecule has 0 aromatic heterocycles. The standard InChI is InChI=1S/C26H27N3O3/c27-25(31)24(30)23(16-18-6-2-1-3-7-18)28-22-12-14-29(15-13-22)26(32)21-11-10-19-8-4-5-9-20(19)17-21/h1-11,17,22-23,28H,12-16H2,(H2,27,31)/t23-/m0/s1. The Morgan fingerprint density at radius 3 is 2.25 bits per heavy atom. The second-order valence-electron chi connectivity index (χ2n) is 8.27. The van der Waals surface area contributed by atoms with Gasteiger partial charge in [0.15, 0.2) is 0 Å². The van der Waals surface area contributed by atoms with Crippen molar-refractivity contribution in [3.05, 3.63) is 83.9 Å². The van der Waals surface area contributed by atoms with Crippen LogP contribution in [0.2, 0.25) is 0 Å². The number of likely N-dealkylation sites (tertiary alicyclic amines) is 1. The minimum Gasteiger partial charge on any atom is -0.363 e. The maximum atomic E-state index is 13.0. The van der Waals surface area contributed by atoms with Crippen LogP contribution in [0.5, 0.6) is 0 Å². The fourth-order valence-electron chi connectivity index (χ4n) is 4.29. The molecule has 6 heteroatoms. The van der Waals surface area contributed by atoms with Gasteiger partial charge in [-0.15, -0.1) is 0 Å². The van der Waals surface area contributed by atoms with E-state index in [4.69, 9.17) is 5.73 Å². The fourth-order valence-corrected chi connectivity index (χ4v) is 4.29. The molecule has 0 radical (unpaired) electrons. The molecule has 1 fully saturated rings. The van der Waals surface area contributed by atoms with Gasteiger partial charge in [-0.1, -0.05) is 60.7 Å². The van der Waals surface area contributed by atoms with E-state index in [0.29, 0.717) is 37.9 Å². The SMILES string of the molecule is NC(=O)C(=O)[C@H](Cc1ccccc1)NC1CCN(C(=O)c2ccc3ccccc3c2)CC1. The zero-order chi connectivity index (χ0) is 22.5. The van der Waals surface area contributed by atoms with E-state index in [9.17, 15) is 14.4 Å². The minimum absolute atomic E-state index is 0.0169. The van der Waals surface area contributed by atoms with Crippen molar-refractivity contribution in [3.63, 3.8) is 0 Å². The van der Waals surface area contributed by atoms with E-state index in [0.717, 1.165) is 16.3 Å². The van der Waals surface area contributed by atoms with E-state index >= 15 is 0 Å². The summed E-state index contributed by atoms with van der Waals surface area (Å²) >= 11 is 0. The normalized spacial score (nSPS) is 15.4. The molecule has 1 aliphatic heterocycles. The van der Waals surface area contributed by atoms with Gasteiger partial charge in [0.1, 0.15) is 0 Å². The number of amides is 2. The number of Topliss-reactive ketones (excluding diaryl/α,β-unsaturated/α-hetero) is 1. The van der Waals surface area contributed by atoms with Crippen LogP contribution in [0.4, 0.5) is 0 Å². The van der Waals surface area contributed by atoms with Crippen molar-refractivity contribution < 1.29 is 14.4 Å². The Balaban J connectivity index is 1.38. The molecule has 2 amide bonds. The van der Waals surface area contributed by atoms with Crippen molar-refractivity contribution in [2.24, 2.45) is 5.73 Å². The summed E-state index contributed by atoms with van der Waals surface area (Å²) in [5.41, 5.74) is 6.92. The topological polar surface area (TPSA) is 92.5 Å². The van der Waals surface area contributed by atoms with Gasteiger partial charge in [0, 0.05) is 24.7 Å². The molecular weight excluding hydrogens is 402 g/mol. The lowest BCUT2D eigenvalue weighted by atomic mass is 9.97. The van der Waals surface area contributed by atoms with Crippen LogP contribution in [0.15, 0.2) is 72.8 Å². The largest absolute Gasteiger partial charge is 0.363 e. The summed E-state index contributed by atoms with van der Waals surface area (Å²) in [7, 11) is 0. The third-order valence-corrected chi connectivity index (χ3v) is 6.06. The molecular formula is C26H27N3O3. The summed E-state index contributed by atoms with van der Waals surface area (Å²) < 4.78 is 0. The molecule has 0 saturated carbocycles. The highest BCUT2D eigenvalue weighted by Crippen LogP contribution is 2.19. The zero-order valence-corrected chi connectivity index (χ0v) is 17.9. The number of carbonyl (C=O) groups is 3. The maximum Gasteiger partial charge on any atom is 0.286 e. The molecule has 0 unspecified atom stereocenters. The average molecular weight is 430 g/mol. The smallest absolute Gasteiger partial charge is 0.286 e. The summed E-state index contributed by atoms with van der Waals surface area (Å²) in [6, 6.07) is 22.7. The first-order chi connectivity index (χ1) is 15.5. The third kappa shape index (κ3) is 5.03. The van der Waals surface area contributed by atoms with Crippen LogP contribution in [0, 0.1) is 0 Å². The van der Waals surface area contributed by atoms with Gasteiger partial charge in [0.25, 0.3) is 11.8 Å². The monoisotopic (exact) mass is 429 g/mol. The van der Waals surface area contributed by atoms with E-state index in [1.807, 2.05) is 77.7 Å². The predicted octanol–water partition coefficient (Wildman–Crippen LogP) is 2.70. The van der Waals surface area contributed by atoms with Gasteiger partial charge in [-0.05, 0) is 47.7 Å². The molecule has 32 heavy (non-hydrogen) atoms. The Morgan fingerprint density at radius 1 is 0.906 bits per heavy atom. The lowest BCUT2D eigenvalue weighted by molar-refractivity contribution is -0.137. The van der Waals surface area contributed by atoms with Crippen LogP contribution >= 0.6 is 0 Å². The molecule has 3 N–H and O–H groups in total. The summed E-state index contributed by atoms with van der Waals surface area (Å²) in [5.74, 6) is -1.52. The Morgan fingerprint density at radius 2 is 1.56 bits per heavy atom. The maximum absolute atomic E-state index is 13.0. The van der Waals surface area contributed by atoms with Crippen LogP contribution in [0.25, 0.3) is 10.8 Å². The number of piperidine rings is 1. The van der Waals surface area contributed by atoms with E-state index in [2.05, 4.69) is 5.32 Å². The number of primary amides is 1. The van der Waals surface area contributed by atoms with Crippen LogP contribution in [0.3, 0.4) is 0 Å². The van der Waals surface area contributed by atoms with Crippen molar-refractivity contribution in [1.29, 1.82) is 0 Å². The van der Waals surface area contributed by atoms with Crippen molar-refractivity contribution in [3.8, 4) is 0 Å². The zero-order valence-electron chi connectivity index (χ0n) is 17.9. The second-order valence-corrected chi connectivity index (χ2v) is 8.27. The summed E-state index contributed by atoms with van der Waals surface area (Å²) in [4.78, 5) is 38.8. The number of nitrogens with one attached hydrogen (secondary N) is 1. The molecule has 1 atom stereocenters. The van der Waals surface area contributed by atoms with Crippen LogP contribution < -0.4 is 11.1 Å². The van der Waals surface area contributed by atoms with Crippen LogP contribution in [-0.4, -0.2) is 47.7 Å². The third-order valence-electron chi connectivity index (χ3n) is 6.06. The van der Waals surface area contributed by atoms with Gasteiger partial charge in [-0.2, -0.15) is 0 Å². The van der Waals surface area contributed by atoms with Gasteiger partial charge >= 0.3 is 0 Å². The molecule has 4 rings (SSSR count). The Labute approximate surface area is 187 Å². The average Bonchev–Trinajstić information content (AvgIpc) is 2.83. The van der Waals surface area contributed by atoms with Gasteiger partial charge in [-0.3, -0.25) is 14.4 Å². The van der Waals surface area contributed by atoms with Crippen molar-refractivity contribution in [1.82, 2.24) is 10.2 Å². The number of benzene rings is 3. The summed E-state index contributed by atoms with van der Waals surface area (Å²) in [5, 5.41) is 5.47. The lowest BCUT2D eigenvalue weighted by Crippen LogP contribution is -2.52. The first-order valence-corrected chi connectivity index (χ1v) is 10.9. The number of hydrogen-bond donors (Lipinski definition) is 2. The van der Waals surface area contributed by atoms with Crippen LogP contribution in [0.1, 0.15) is 28.8 Å². The van der Waals surface area contributed by atoms with E-state index in [-0.39, 0.29) is 11.9 Å². The molecule has 0 bridgehead atoms. The quantitative estimate of drug-likeness (QED) is 0.565. The molecule has 3 aromatic rings. The van der Waals surface area contributed by atoms with Crippen molar-refractivity contribution in [2.75, 3.05) is 13.1 Å². The lowest BCUT2D eigenvalue weighted by Gasteiger charge is -2.34. The number of ketones is 1.